The topological polar surface area (TPSA) is 113 Å². The summed E-state index contributed by atoms with van der Waals surface area (Å²) in [7, 11) is 0. The molecule has 0 aromatic carbocycles. The van der Waals surface area contributed by atoms with Gasteiger partial charge in [-0.25, -0.2) is 0 Å². The summed E-state index contributed by atoms with van der Waals surface area (Å²) in [6, 6.07) is -0.924. The number of hydrogen-bond donors (Lipinski definition) is 4. The Morgan fingerprint density at radius 2 is 1.56 bits per heavy atom. The summed E-state index contributed by atoms with van der Waals surface area (Å²) in [6.45, 7) is 20.1. The molecule has 0 heterocycles. The Hall–Kier alpha value is -1.40. The first-order valence-electron chi connectivity index (χ1n) is 15.6. The maximum Gasteiger partial charge on any atom is 0.325 e. The number of fused-ring (bicyclic) bond motifs is 7. The number of carboxylic acids is 1. The molecule has 5 N–H and O–H groups in total. The van der Waals surface area contributed by atoms with Crippen LogP contribution in [-0.2, 0) is 9.59 Å². The summed E-state index contributed by atoms with van der Waals surface area (Å²) in [5, 5.41) is 23.4. The normalized spacial score (nSPS) is 50.9. The molecule has 0 spiro atoms. The van der Waals surface area contributed by atoms with E-state index in [2.05, 4.69) is 53.4 Å². The molecule has 5 fully saturated rings. The van der Waals surface area contributed by atoms with E-state index < -0.39 is 23.0 Å². The van der Waals surface area contributed by atoms with Crippen LogP contribution in [-0.4, -0.2) is 39.8 Å². The number of carboxylic acid groups (broad SMARTS) is 1. The van der Waals surface area contributed by atoms with E-state index in [1.165, 1.54) is 0 Å². The van der Waals surface area contributed by atoms with Gasteiger partial charge in [-0.3, -0.25) is 9.59 Å². The van der Waals surface area contributed by atoms with E-state index in [-0.39, 0.29) is 45.5 Å². The third-order valence-electron chi connectivity index (χ3n) is 14.5. The van der Waals surface area contributed by atoms with Crippen LogP contribution in [0.25, 0.3) is 0 Å². The van der Waals surface area contributed by atoms with Crippen LogP contribution in [0.5, 0.6) is 0 Å². The summed E-state index contributed by atoms with van der Waals surface area (Å²) in [4.78, 5) is 25.7. The van der Waals surface area contributed by atoms with E-state index in [9.17, 15) is 19.8 Å². The first kappa shape index (κ1) is 29.1. The Labute approximate surface area is 235 Å². The molecular formula is C33H54N2O4. The van der Waals surface area contributed by atoms with Crippen LogP contribution < -0.4 is 11.1 Å². The number of carbonyl (C=O) groups is 2. The van der Waals surface area contributed by atoms with E-state index in [1.807, 2.05) is 0 Å². The third-order valence-corrected chi connectivity index (χ3v) is 14.5. The summed E-state index contributed by atoms with van der Waals surface area (Å²) in [5.41, 5.74) is 7.69. The number of hydrogen-bond acceptors (Lipinski definition) is 4. The van der Waals surface area contributed by atoms with Gasteiger partial charge in [0.05, 0.1) is 11.5 Å². The average molecular weight is 543 g/mol. The molecule has 0 aliphatic heterocycles. The summed E-state index contributed by atoms with van der Waals surface area (Å²) >= 11 is 0. The van der Waals surface area contributed by atoms with Crippen molar-refractivity contribution in [3.05, 3.63) is 12.2 Å². The molecule has 6 nitrogen and oxygen atoms in total. The fraction of sp³-hybridized carbons (Fsp3) is 0.879. The number of aliphatic hydroxyl groups excluding tert-OH is 1. The Bertz CT molecular complexity index is 1070. The Balaban J connectivity index is 1.58. The van der Waals surface area contributed by atoms with Crippen LogP contribution >= 0.6 is 0 Å². The molecule has 1 amide bonds. The van der Waals surface area contributed by atoms with Crippen molar-refractivity contribution in [1.82, 2.24) is 5.32 Å². The predicted octanol–water partition coefficient (Wildman–Crippen LogP) is 5.68. The number of nitrogens with two attached hydrogens (primary N) is 1. The van der Waals surface area contributed by atoms with Crippen LogP contribution in [0, 0.1) is 50.7 Å². The molecule has 5 aliphatic rings. The first-order valence-corrected chi connectivity index (χ1v) is 15.6. The average Bonchev–Trinajstić information content (AvgIpc) is 3.26. The van der Waals surface area contributed by atoms with Crippen molar-refractivity contribution < 1.29 is 19.8 Å². The zero-order chi connectivity index (χ0) is 29.0. The van der Waals surface area contributed by atoms with Gasteiger partial charge in [-0.2, -0.15) is 0 Å². The van der Waals surface area contributed by atoms with Gasteiger partial charge in [0.1, 0.15) is 6.04 Å². The van der Waals surface area contributed by atoms with Crippen molar-refractivity contribution in [2.24, 2.45) is 56.5 Å². The van der Waals surface area contributed by atoms with Crippen LogP contribution in [0.4, 0.5) is 0 Å². The van der Waals surface area contributed by atoms with Crippen molar-refractivity contribution in [3.8, 4) is 0 Å². The molecule has 39 heavy (non-hydrogen) atoms. The fourth-order valence-corrected chi connectivity index (χ4v) is 12.1. The fourth-order valence-electron chi connectivity index (χ4n) is 12.1. The largest absolute Gasteiger partial charge is 0.480 e. The van der Waals surface area contributed by atoms with Gasteiger partial charge in [-0.05, 0) is 123 Å². The van der Waals surface area contributed by atoms with E-state index in [0.29, 0.717) is 11.8 Å². The number of aliphatic hydroxyl groups is 1. The standard InChI is InChI=1S/C33H54N2O4/c1-19(2)21-9-15-32(27(39)35-20(3)26(37)38)18-17-31(8)30(7)14-10-22-28(4,5)24(36)12-13-29(22,6)23(30)11-16-33(31,34)25(21)32/h20-25,36H,1,9-18,34H2,2-8H3,(H,35,39)(H,37,38)/t20?,21-,22-,23+,24-,25-,29-,30+,31-,32-,33-/m0/s1. The third kappa shape index (κ3) is 3.52. The Morgan fingerprint density at radius 1 is 0.923 bits per heavy atom. The molecule has 5 saturated carbocycles. The molecule has 0 aromatic rings. The molecule has 1 unspecified atom stereocenters. The lowest BCUT2D eigenvalue weighted by Gasteiger charge is -2.75. The number of allylic oxidation sites excluding steroid dienone is 1. The molecule has 0 bridgehead atoms. The zero-order valence-electron chi connectivity index (χ0n) is 25.5. The van der Waals surface area contributed by atoms with Gasteiger partial charge in [0.25, 0.3) is 0 Å². The van der Waals surface area contributed by atoms with Gasteiger partial charge in [0.15, 0.2) is 0 Å². The molecule has 5 rings (SSSR count). The smallest absolute Gasteiger partial charge is 0.325 e. The van der Waals surface area contributed by atoms with Crippen molar-refractivity contribution in [2.75, 3.05) is 0 Å². The van der Waals surface area contributed by atoms with Gasteiger partial charge < -0.3 is 21.3 Å². The minimum absolute atomic E-state index is 0.0306. The minimum atomic E-state index is -1.01. The first-order chi connectivity index (χ1) is 17.9. The summed E-state index contributed by atoms with van der Waals surface area (Å²) < 4.78 is 0. The minimum Gasteiger partial charge on any atom is -0.480 e. The second-order valence-corrected chi connectivity index (χ2v) is 16.0. The molecule has 5 aliphatic carbocycles. The van der Waals surface area contributed by atoms with Gasteiger partial charge in [-0.1, -0.05) is 46.8 Å². The molecule has 0 saturated heterocycles. The number of carbonyl (C=O) groups excluding carboxylic acids is 1. The highest BCUT2D eigenvalue weighted by molar-refractivity contribution is 5.88. The van der Waals surface area contributed by atoms with Gasteiger partial charge in [0, 0.05) is 5.54 Å². The lowest BCUT2D eigenvalue weighted by molar-refractivity contribution is -0.253. The van der Waals surface area contributed by atoms with Gasteiger partial charge >= 0.3 is 5.97 Å². The SMILES string of the molecule is C=C(C)[C@@H]1CC[C@]2(C(=O)NC(C)C(=O)O)CC[C@@]3(C)[C@]4(C)CC[C@H]5C(C)(C)[C@@H](O)CC[C@]5(C)[C@H]4CC[C@]3(N)[C@@H]12. The van der Waals surface area contributed by atoms with Crippen LogP contribution in [0.15, 0.2) is 12.2 Å². The zero-order valence-corrected chi connectivity index (χ0v) is 25.5. The van der Waals surface area contributed by atoms with Crippen molar-refractivity contribution in [1.29, 1.82) is 0 Å². The molecular weight excluding hydrogens is 488 g/mol. The highest BCUT2D eigenvalue weighted by atomic mass is 16.4. The van der Waals surface area contributed by atoms with Crippen molar-refractivity contribution in [2.45, 2.75) is 130 Å². The molecule has 11 atom stereocenters. The second-order valence-electron chi connectivity index (χ2n) is 16.0. The Morgan fingerprint density at radius 3 is 2.18 bits per heavy atom. The second kappa shape index (κ2) is 8.80. The van der Waals surface area contributed by atoms with Crippen LogP contribution in [0.1, 0.15) is 113 Å². The highest BCUT2D eigenvalue weighted by Gasteiger charge is 2.76. The van der Waals surface area contributed by atoms with Crippen LogP contribution in [0.2, 0.25) is 0 Å². The highest BCUT2D eigenvalue weighted by Crippen LogP contribution is 2.78. The van der Waals surface area contributed by atoms with Crippen molar-refractivity contribution >= 4 is 11.9 Å². The van der Waals surface area contributed by atoms with E-state index in [1.54, 1.807) is 6.92 Å². The van der Waals surface area contributed by atoms with E-state index in [0.717, 1.165) is 69.8 Å². The molecule has 220 valence electrons. The van der Waals surface area contributed by atoms with Crippen LogP contribution in [0.3, 0.4) is 0 Å². The summed E-state index contributed by atoms with van der Waals surface area (Å²) in [5.74, 6) is -0.000498. The number of aliphatic carboxylic acids is 1. The maximum atomic E-state index is 14.0. The van der Waals surface area contributed by atoms with Gasteiger partial charge in [0.2, 0.25) is 5.91 Å². The number of nitrogens with one attached hydrogen (secondary N) is 1. The maximum absolute atomic E-state index is 14.0. The number of amides is 1. The van der Waals surface area contributed by atoms with Gasteiger partial charge in [-0.15, -0.1) is 0 Å². The lowest BCUT2D eigenvalue weighted by atomic mass is 9.30. The molecule has 0 aromatic heterocycles. The molecule has 6 heteroatoms. The summed E-state index contributed by atoms with van der Waals surface area (Å²) in [6.07, 6.45) is 9.08. The number of rotatable bonds is 4. The van der Waals surface area contributed by atoms with Crippen molar-refractivity contribution in [3.63, 3.8) is 0 Å². The lowest BCUT2D eigenvalue weighted by Crippen LogP contribution is -2.77. The van der Waals surface area contributed by atoms with E-state index in [4.69, 9.17) is 5.73 Å². The monoisotopic (exact) mass is 542 g/mol. The molecule has 0 radical (unpaired) electrons. The Kier molecular flexibility index (Phi) is 6.57. The predicted molar refractivity (Wildman–Crippen MR) is 154 cm³/mol. The van der Waals surface area contributed by atoms with E-state index >= 15 is 0 Å². The quantitative estimate of drug-likeness (QED) is 0.342.